The molecule has 0 aromatic heterocycles. The first kappa shape index (κ1) is 20.9. The molecule has 25 heavy (non-hydrogen) atoms. The summed E-state index contributed by atoms with van der Waals surface area (Å²) < 4.78 is 59.3. The number of alkyl halides is 4. The highest BCUT2D eigenvalue weighted by molar-refractivity contribution is 5.88. The lowest BCUT2D eigenvalue weighted by molar-refractivity contribution is -0.266. The summed E-state index contributed by atoms with van der Waals surface area (Å²) in [6, 6.07) is 4.83. The molecular weight excluding hydrogens is 346 g/mol. The Morgan fingerprint density at radius 1 is 1.24 bits per heavy atom. The van der Waals surface area contributed by atoms with Gasteiger partial charge in [0.05, 0.1) is 6.04 Å². The summed E-state index contributed by atoms with van der Waals surface area (Å²) in [7, 11) is 0.727. The van der Waals surface area contributed by atoms with Crippen LogP contribution in [-0.2, 0) is 19.9 Å². The average molecular weight is 365 g/mol. The number of halogens is 4. The first-order chi connectivity index (χ1) is 11.6. The lowest BCUT2D eigenvalue weighted by atomic mass is 9.90. The lowest BCUT2D eigenvalue weighted by Crippen LogP contribution is -2.58. The number of hydrogen-bond acceptors (Lipinski definition) is 3. The van der Waals surface area contributed by atoms with Crippen molar-refractivity contribution in [2.75, 3.05) is 7.11 Å². The molecule has 0 aliphatic heterocycles. The zero-order valence-corrected chi connectivity index (χ0v) is 13.6. The van der Waals surface area contributed by atoms with Crippen LogP contribution in [0.4, 0.5) is 17.6 Å². The van der Waals surface area contributed by atoms with Crippen molar-refractivity contribution >= 4 is 11.9 Å². The summed E-state index contributed by atoms with van der Waals surface area (Å²) in [6.07, 6.45) is -7.73. The minimum Gasteiger partial charge on any atom is -0.481 e. The molecule has 2 N–H and O–H groups in total. The Labute approximate surface area is 142 Å². The maximum atomic E-state index is 13.7. The monoisotopic (exact) mass is 365 g/mol. The second kappa shape index (κ2) is 8.28. The Morgan fingerprint density at radius 3 is 2.20 bits per heavy atom. The van der Waals surface area contributed by atoms with Crippen molar-refractivity contribution in [1.82, 2.24) is 5.32 Å². The Morgan fingerprint density at radius 2 is 1.80 bits per heavy atom. The third-order valence-corrected chi connectivity index (χ3v) is 3.75. The van der Waals surface area contributed by atoms with E-state index in [9.17, 15) is 27.2 Å². The van der Waals surface area contributed by atoms with E-state index in [2.05, 4.69) is 4.74 Å². The maximum absolute atomic E-state index is 13.7. The average Bonchev–Trinajstić information content (AvgIpc) is 2.51. The lowest BCUT2D eigenvalue weighted by Gasteiger charge is -2.35. The summed E-state index contributed by atoms with van der Waals surface area (Å²) in [4.78, 5) is 23.0. The van der Waals surface area contributed by atoms with Gasteiger partial charge in [-0.25, -0.2) is 4.39 Å². The van der Waals surface area contributed by atoms with E-state index in [1.54, 1.807) is 0 Å². The van der Waals surface area contributed by atoms with Crippen molar-refractivity contribution in [1.29, 1.82) is 0 Å². The highest BCUT2D eigenvalue weighted by Gasteiger charge is 2.62. The normalized spacial score (nSPS) is 16.6. The summed E-state index contributed by atoms with van der Waals surface area (Å²) in [6.45, 7) is 1.03. The number of amides is 1. The summed E-state index contributed by atoms with van der Waals surface area (Å²) in [5.74, 6) is -2.86. The number of benzene rings is 1. The van der Waals surface area contributed by atoms with Gasteiger partial charge in [0.1, 0.15) is 6.17 Å². The van der Waals surface area contributed by atoms with Gasteiger partial charge in [-0.3, -0.25) is 9.59 Å². The number of carboxylic acids is 1. The molecule has 5 nitrogen and oxygen atoms in total. The van der Waals surface area contributed by atoms with E-state index in [1.807, 2.05) is 5.32 Å². The molecule has 0 saturated carbocycles. The Bertz CT molecular complexity index is 592. The van der Waals surface area contributed by atoms with Crippen molar-refractivity contribution in [3.05, 3.63) is 35.9 Å². The van der Waals surface area contributed by atoms with Gasteiger partial charge in [-0.15, -0.1) is 0 Å². The van der Waals surface area contributed by atoms with Crippen LogP contribution >= 0.6 is 0 Å². The molecule has 140 valence electrons. The van der Waals surface area contributed by atoms with E-state index in [4.69, 9.17) is 5.11 Å². The molecule has 0 bridgehead atoms. The minimum atomic E-state index is -5.12. The van der Waals surface area contributed by atoms with Gasteiger partial charge in [0, 0.05) is 19.1 Å². The first-order valence-corrected chi connectivity index (χ1v) is 7.40. The van der Waals surface area contributed by atoms with Crippen LogP contribution < -0.4 is 5.32 Å². The second-order valence-corrected chi connectivity index (χ2v) is 5.44. The van der Waals surface area contributed by atoms with E-state index in [0.717, 1.165) is 26.2 Å². The first-order valence-electron chi connectivity index (χ1n) is 7.40. The van der Waals surface area contributed by atoms with Gasteiger partial charge < -0.3 is 15.2 Å². The Kier molecular flexibility index (Phi) is 6.92. The third kappa shape index (κ3) is 4.68. The molecule has 0 fully saturated rings. The molecule has 0 heterocycles. The van der Waals surface area contributed by atoms with Gasteiger partial charge in [0.15, 0.2) is 0 Å². The van der Waals surface area contributed by atoms with Crippen LogP contribution in [0.25, 0.3) is 0 Å². The number of ether oxygens (including phenoxy) is 1. The van der Waals surface area contributed by atoms with Gasteiger partial charge in [-0.2, -0.15) is 13.2 Å². The van der Waals surface area contributed by atoms with Crippen molar-refractivity contribution in [3.63, 3.8) is 0 Å². The highest BCUT2D eigenvalue weighted by Crippen LogP contribution is 2.42. The number of hydrogen-bond donors (Lipinski definition) is 2. The van der Waals surface area contributed by atoms with Crippen LogP contribution in [0.5, 0.6) is 0 Å². The number of methoxy groups -OCH3 is 1. The van der Waals surface area contributed by atoms with E-state index in [1.165, 1.54) is 18.2 Å². The molecule has 1 amide bonds. The van der Waals surface area contributed by atoms with Crippen LogP contribution in [0.3, 0.4) is 0 Å². The molecule has 1 aromatic carbocycles. The summed E-state index contributed by atoms with van der Waals surface area (Å²) >= 11 is 0. The largest absolute Gasteiger partial charge is 0.481 e. The Hall–Kier alpha value is -2.16. The number of carbonyl (C=O) groups excluding carboxylic acids is 1. The fourth-order valence-electron chi connectivity index (χ4n) is 2.39. The standard InChI is InChI=1S/C16H19F4NO4/c1-10(17)12(8-9-13(22)23)21-14(24)15(25-2,16(18,19)20)11-6-4-3-5-7-11/h3-7,10,12H,8-9H2,1-2H3,(H,21,24)(H,22,23)/t10-,12-,15+/m1/s1. The van der Waals surface area contributed by atoms with E-state index in [-0.39, 0.29) is 6.42 Å². The molecule has 0 spiro atoms. The number of aliphatic carboxylic acids is 1. The maximum Gasteiger partial charge on any atom is 0.430 e. The zero-order valence-electron chi connectivity index (χ0n) is 13.6. The van der Waals surface area contributed by atoms with Crippen molar-refractivity contribution in [2.45, 2.75) is 43.8 Å². The molecule has 9 heteroatoms. The van der Waals surface area contributed by atoms with E-state index < -0.39 is 47.9 Å². The van der Waals surface area contributed by atoms with Gasteiger partial charge >= 0.3 is 12.1 Å². The molecular formula is C16H19F4NO4. The molecule has 0 unspecified atom stereocenters. The SMILES string of the molecule is CO[C@](C(=O)N[C@H](CCC(=O)O)[C@@H](C)F)(c1ccccc1)C(F)(F)F. The summed E-state index contributed by atoms with van der Waals surface area (Å²) in [5, 5.41) is 10.6. The fourth-order valence-corrected chi connectivity index (χ4v) is 2.39. The fraction of sp³-hybridized carbons (Fsp3) is 0.500. The molecule has 0 saturated heterocycles. The molecule has 1 rings (SSSR count). The zero-order chi connectivity index (χ0) is 19.3. The topological polar surface area (TPSA) is 75.6 Å². The van der Waals surface area contributed by atoms with Gasteiger partial charge in [0.25, 0.3) is 11.5 Å². The predicted molar refractivity (Wildman–Crippen MR) is 80.6 cm³/mol. The van der Waals surface area contributed by atoms with Crippen LogP contribution in [0.2, 0.25) is 0 Å². The van der Waals surface area contributed by atoms with Gasteiger partial charge in [-0.1, -0.05) is 30.3 Å². The van der Waals surface area contributed by atoms with Crippen molar-refractivity contribution in [3.8, 4) is 0 Å². The van der Waals surface area contributed by atoms with Crippen molar-refractivity contribution in [2.24, 2.45) is 0 Å². The highest BCUT2D eigenvalue weighted by atomic mass is 19.4. The van der Waals surface area contributed by atoms with Crippen LogP contribution in [0.15, 0.2) is 30.3 Å². The quantitative estimate of drug-likeness (QED) is 0.695. The summed E-state index contributed by atoms with van der Waals surface area (Å²) in [5.41, 5.74) is -3.80. The van der Waals surface area contributed by atoms with Crippen LogP contribution in [0.1, 0.15) is 25.3 Å². The van der Waals surface area contributed by atoms with Gasteiger partial charge in [-0.05, 0) is 13.3 Å². The molecule has 0 aliphatic rings. The molecule has 0 aliphatic carbocycles. The van der Waals surface area contributed by atoms with Crippen LogP contribution in [-0.4, -0.2) is 42.5 Å². The third-order valence-electron chi connectivity index (χ3n) is 3.75. The predicted octanol–water partition coefficient (Wildman–Crippen LogP) is 2.80. The molecule has 3 atom stereocenters. The number of rotatable bonds is 8. The van der Waals surface area contributed by atoms with E-state index in [0.29, 0.717) is 0 Å². The Balaban J connectivity index is 3.22. The molecule has 1 aromatic rings. The number of nitrogens with one attached hydrogen (secondary N) is 1. The molecule has 0 radical (unpaired) electrons. The number of carbonyl (C=O) groups is 2. The van der Waals surface area contributed by atoms with Crippen LogP contribution in [0, 0.1) is 0 Å². The number of carboxylic acid groups (broad SMARTS) is 1. The van der Waals surface area contributed by atoms with Crippen molar-refractivity contribution < 1.29 is 37.0 Å². The smallest absolute Gasteiger partial charge is 0.430 e. The van der Waals surface area contributed by atoms with Gasteiger partial charge in [0.2, 0.25) is 0 Å². The van der Waals surface area contributed by atoms with E-state index >= 15 is 0 Å². The second-order valence-electron chi connectivity index (χ2n) is 5.44. The minimum absolute atomic E-state index is 0.356.